The van der Waals surface area contributed by atoms with Crippen molar-refractivity contribution in [2.45, 2.75) is 57.5 Å². The fourth-order valence-electron chi connectivity index (χ4n) is 2.54. The minimum Gasteiger partial charge on any atom is -0.390 e. The van der Waals surface area contributed by atoms with E-state index < -0.39 is 15.4 Å². The standard InChI is InChI=1S/C12H24O3S/c1-3-11-5-8-12(13,9-6-11)7-4-10-16(2,14)15/h11,13H,3-10H2,1-2H3. The quantitative estimate of drug-likeness (QED) is 0.811. The number of sulfone groups is 1. The van der Waals surface area contributed by atoms with E-state index in [1.165, 1.54) is 12.7 Å². The third-order valence-corrected chi connectivity index (χ3v) is 4.80. The summed E-state index contributed by atoms with van der Waals surface area (Å²) in [6.45, 7) is 2.19. The molecule has 96 valence electrons. The molecule has 0 unspecified atom stereocenters. The van der Waals surface area contributed by atoms with E-state index in [0.717, 1.165) is 31.6 Å². The summed E-state index contributed by atoms with van der Waals surface area (Å²) < 4.78 is 22.0. The second-order valence-electron chi connectivity index (χ2n) is 5.31. The van der Waals surface area contributed by atoms with Crippen molar-refractivity contribution in [3.8, 4) is 0 Å². The maximum absolute atomic E-state index is 11.0. The first-order valence-corrected chi connectivity index (χ1v) is 8.31. The highest BCUT2D eigenvalue weighted by Gasteiger charge is 2.32. The van der Waals surface area contributed by atoms with E-state index in [1.807, 2.05) is 0 Å². The molecule has 1 aliphatic carbocycles. The lowest BCUT2D eigenvalue weighted by Crippen LogP contribution is -2.34. The highest BCUT2D eigenvalue weighted by atomic mass is 32.2. The molecule has 0 atom stereocenters. The molecule has 0 amide bonds. The van der Waals surface area contributed by atoms with Crippen LogP contribution in [-0.2, 0) is 9.84 Å². The highest BCUT2D eigenvalue weighted by Crippen LogP contribution is 2.36. The fraction of sp³-hybridized carbons (Fsp3) is 1.00. The number of aliphatic hydroxyl groups is 1. The van der Waals surface area contributed by atoms with E-state index in [1.54, 1.807) is 0 Å². The predicted molar refractivity (Wildman–Crippen MR) is 66.1 cm³/mol. The summed E-state index contributed by atoms with van der Waals surface area (Å²) in [4.78, 5) is 0. The van der Waals surface area contributed by atoms with Gasteiger partial charge in [0.15, 0.2) is 0 Å². The van der Waals surface area contributed by atoms with Gasteiger partial charge in [-0.1, -0.05) is 13.3 Å². The van der Waals surface area contributed by atoms with Crippen molar-refractivity contribution in [1.82, 2.24) is 0 Å². The van der Waals surface area contributed by atoms with E-state index in [4.69, 9.17) is 0 Å². The van der Waals surface area contributed by atoms with Gasteiger partial charge in [-0.3, -0.25) is 0 Å². The molecular weight excluding hydrogens is 224 g/mol. The summed E-state index contributed by atoms with van der Waals surface area (Å²) in [5.74, 6) is 0.960. The Hall–Kier alpha value is -0.0900. The van der Waals surface area contributed by atoms with Crippen LogP contribution in [0.1, 0.15) is 51.9 Å². The lowest BCUT2D eigenvalue weighted by molar-refractivity contribution is -0.0172. The van der Waals surface area contributed by atoms with Crippen molar-refractivity contribution >= 4 is 9.84 Å². The molecule has 0 radical (unpaired) electrons. The Morgan fingerprint density at radius 2 is 1.88 bits per heavy atom. The molecule has 0 aromatic heterocycles. The Labute approximate surface area is 99.2 Å². The van der Waals surface area contributed by atoms with Crippen molar-refractivity contribution < 1.29 is 13.5 Å². The maximum atomic E-state index is 11.0. The predicted octanol–water partition coefficient (Wildman–Crippen LogP) is 2.14. The summed E-state index contributed by atoms with van der Waals surface area (Å²) in [5, 5.41) is 10.3. The van der Waals surface area contributed by atoms with Gasteiger partial charge >= 0.3 is 0 Å². The van der Waals surface area contributed by atoms with Gasteiger partial charge in [0.25, 0.3) is 0 Å². The molecule has 0 aliphatic heterocycles. The molecule has 0 aromatic rings. The van der Waals surface area contributed by atoms with E-state index in [9.17, 15) is 13.5 Å². The Kier molecular flexibility index (Phi) is 4.80. The molecule has 3 nitrogen and oxygen atoms in total. The number of hydrogen-bond acceptors (Lipinski definition) is 3. The summed E-state index contributed by atoms with van der Waals surface area (Å²) >= 11 is 0. The van der Waals surface area contributed by atoms with Gasteiger partial charge in [0, 0.05) is 12.0 Å². The Morgan fingerprint density at radius 3 is 2.31 bits per heavy atom. The first-order chi connectivity index (χ1) is 7.35. The van der Waals surface area contributed by atoms with Crippen molar-refractivity contribution in [2.75, 3.05) is 12.0 Å². The molecule has 0 heterocycles. The summed E-state index contributed by atoms with van der Waals surface area (Å²) in [7, 11) is -2.88. The first-order valence-electron chi connectivity index (χ1n) is 6.25. The van der Waals surface area contributed by atoms with Gasteiger partial charge in [0.2, 0.25) is 0 Å². The van der Waals surface area contributed by atoms with E-state index in [2.05, 4.69) is 6.92 Å². The van der Waals surface area contributed by atoms with Crippen LogP contribution in [0.5, 0.6) is 0 Å². The molecule has 1 saturated carbocycles. The molecule has 0 bridgehead atoms. The van der Waals surface area contributed by atoms with Crippen molar-refractivity contribution in [1.29, 1.82) is 0 Å². The minimum atomic E-state index is -2.88. The Bertz CT molecular complexity index is 300. The molecular formula is C12H24O3S. The molecule has 1 N–H and O–H groups in total. The van der Waals surface area contributed by atoms with Crippen LogP contribution >= 0.6 is 0 Å². The van der Waals surface area contributed by atoms with Crippen LogP contribution < -0.4 is 0 Å². The van der Waals surface area contributed by atoms with Gasteiger partial charge in [0.05, 0.1) is 5.60 Å². The average molecular weight is 248 g/mol. The largest absolute Gasteiger partial charge is 0.390 e. The van der Waals surface area contributed by atoms with Gasteiger partial charge in [-0.05, 0) is 44.4 Å². The van der Waals surface area contributed by atoms with Gasteiger partial charge in [0.1, 0.15) is 9.84 Å². The normalized spacial score (nSPS) is 31.6. The van der Waals surface area contributed by atoms with Crippen LogP contribution in [0.25, 0.3) is 0 Å². The number of hydrogen-bond donors (Lipinski definition) is 1. The monoisotopic (exact) mass is 248 g/mol. The summed E-state index contributed by atoms with van der Waals surface area (Å²) in [5.41, 5.74) is -0.587. The van der Waals surface area contributed by atoms with Gasteiger partial charge in [-0.2, -0.15) is 0 Å². The van der Waals surface area contributed by atoms with Crippen LogP contribution in [-0.4, -0.2) is 31.1 Å². The van der Waals surface area contributed by atoms with Gasteiger partial charge in [-0.15, -0.1) is 0 Å². The van der Waals surface area contributed by atoms with E-state index in [0.29, 0.717) is 12.8 Å². The van der Waals surface area contributed by atoms with E-state index >= 15 is 0 Å². The summed E-state index contributed by atoms with van der Waals surface area (Å²) in [6.07, 6.45) is 7.54. The smallest absolute Gasteiger partial charge is 0.147 e. The lowest BCUT2D eigenvalue weighted by atomic mass is 9.76. The zero-order valence-electron chi connectivity index (χ0n) is 10.4. The summed E-state index contributed by atoms with van der Waals surface area (Å²) in [6, 6.07) is 0. The van der Waals surface area contributed by atoms with Crippen LogP contribution in [0.4, 0.5) is 0 Å². The molecule has 0 saturated heterocycles. The number of rotatable bonds is 5. The van der Waals surface area contributed by atoms with Crippen molar-refractivity contribution in [2.24, 2.45) is 5.92 Å². The minimum absolute atomic E-state index is 0.201. The molecule has 1 aliphatic rings. The van der Waals surface area contributed by atoms with Crippen molar-refractivity contribution in [3.63, 3.8) is 0 Å². The first kappa shape index (κ1) is 14.0. The van der Waals surface area contributed by atoms with Gasteiger partial charge < -0.3 is 5.11 Å². The second-order valence-corrected chi connectivity index (χ2v) is 7.57. The maximum Gasteiger partial charge on any atom is 0.147 e. The molecule has 1 rings (SSSR count). The highest BCUT2D eigenvalue weighted by molar-refractivity contribution is 7.90. The van der Waals surface area contributed by atoms with Crippen LogP contribution in [0, 0.1) is 5.92 Å². The van der Waals surface area contributed by atoms with Crippen LogP contribution in [0.3, 0.4) is 0 Å². The molecule has 0 spiro atoms. The Morgan fingerprint density at radius 1 is 1.31 bits per heavy atom. The molecule has 0 aromatic carbocycles. The molecule has 1 fully saturated rings. The molecule has 4 heteroatoms. The van der Waals surface area contributed by atoms with Crippen LogP contribution in [0.15, 0.2) is 0 Å². The lowest BCUT2D eigenvalue weighted by Gasteiger charge is -2.35. The zero-order chi connectivity index (χ0) is 12.2. The zero-order valence-corrected chi connectivity index (χ0v) is 11.2. The SMILES string of the molecule is CCC1CCC(O)(CCCS(C)(=O)=O)CC1. The van der Waals surface area contributed by atoms with Crippen LogP contribution in [0.2, 0.25) is 0 Å². The Balaban J connectivity index is 2.31. The van der Waals surface area contributed by atoms with Crippen molar-refractivity contribution in [3.05, 3.63) is 0 Å². The second kappa shape index (κ2) is 5.50. The third-order valence-electron chi connectivity index (χ3n) is 3.77. The van der Waals surface area contributed by atoms with Gasteiger partial charge in [-0.25, -0.2) is 8.42 Å². The van der Waals surface area contributed by atoms with E-state index in [-0.39, 0.29) is 5.75 Å². The topological polar surface area (TPSA) is 54.4 Å². The average Bonchev–Trinajstić information content (AvgIpc) is 2.17. The fourth-order valence-corrected chi connectivity index (χ4v) is 3.21. The molecule has 16 heavy (non-hydrogen) atoms. The third kappa shape index (κ3) is 4.83.